The minimum Gasteiger partial charge on any atom is -0.491 e. The molecule has 0 radical (unpaired) electrons. The lowest BCUT2D eigenvalue weighted by molar-refractivity contribution is -0.146. The van der Waals surface area contributed by atoms with Gasteiger partial charge in [0.2, 0.25) is 0 Å². The van der Waals surface area contributed by atoms with Gasteiger partial charge in [0.1, 0.15) is 27.1 Å². The Hall–Kier alpha value is -3.48. The number of para-hydroxylation sites is 1. The first-order valence-corrected chi connectivity index (χ1v) is 15.4. The number of carbonyl (C=O) groups is 2. The van der Waals surface area contributed by atoms with Gasteiger partial charge >= 0.3 is 17.6 Å². The van der Waals surface area contributed by atoms with E-state index < -0.39 is 40.9 Å². The van der Waals surface area contributed by atoms with E-state index in [-0.39, 0.29) is 40.5 Å². The molecule has 2 aromatic heterocycles. The summed E-state index contributed by atoms with van der Waals surface area (Å²) >= 11 is 0.961. The first-order chi connectivity index (χ1) is 20.3. The Labute approximate surface area is 253 Å². The van der Waals surface area contributed by atoms with E-state index in [9.17, 15) is 29.4 Å². The second-order valence-corrected chi connectivity index (χ2v) is 12.6. The zero-order chi connectivity index (χ0) is 31.6. The molecule has 1 aliphatic carbocycles. The van der Waals surface area contributed by atoms with Crippen LogP contribution in [0.2, 0.25) is 0 Å². The van der Waals surface area contributed by atoms with Crippen molar-refractivity contribution in [1.82, 2.24) is 9.13 Å². The van der Waals surface area contributed by atoms with Gasteiger partial charge in [0.25, 0.3) is 5.56 Å². The monoisotopic (exact) mass is 616 g/mol. The fourth-order valence-corrected chi connectivity index (χ4v) is 6.59. The maximum atomic E-state index is 14.2. The molecule has 0 amide bonds. The number of aryl methyl sites for hydroxylation is 1. The summed E-state index contributed by atoms with van der Waals surface area (Å²) in [6, 6.07) is 7.34. The molecule has 11 nitrogen and oxygen atoms in total. The predicted molar refractivity (Wildman–Crippen MR) is 162 cm³/mol. The molecule has 0 saturated heterocycles. The Balaban J connectivity index is 1.98. The van der Waals surface area contributed by atoms with Gasteiger partial charge in [-0.25, -0.2) is 19.0 Å². The molecule has 1 atom stereocenters. The maximum Gasteiger partial charge on any atom is 0.348 e. The molecular formula is C31H40N2O9S. The zero-order valence-electron chi connectivity index (χ0n) is 25.4. The van der Waals surface area contributed by atoms with Crippen LogP contribution in [0.4, 0.5) is 0 Å². The minimum absolute atomic E-state index is 0.0771. The number of fused-ring (bicyclic) bond motifs is 1. The van der Waals surface area contributed by atoms with E-state index in [0.717, 1.165) is 15.9 Å². The number of nitrogens with zero attached hydrogens (tertiary/aromatic N) is 2. The summed E-state index contributed by atoms with van der Waals surface area (Å²) in [6.45, 7) is 9.66. The van der Waals surface area contributed by atoms with E-state index in [1.807, 2.05) is 38.1 Å². The fraction of sp³-hybridized carbons (Fsp3) is 0.548. The molecule has 0 unspecified atom stereocenters. The van der Waals surface area contributed by atoms with Crippen molar-refractivity contribution >= 4 is 33.5 Å². The molecule has 2 N–H and O–H groups in total. The van der Waals surface area contributed by atoms with Crippen LogP contribution in [-0.4, -0.2) is 56.2 Å². The number of hydrogen-bond donors (Lipinski definition) is 2. The van der Waals surface area contributed by atoms with Crippen LogP contribution < -0.4 is 16.0 Å². The third kappa shape index (κ3) is 6.56. The van der Waals surface area contributed by atoms with Crippen molar-refractivity contribution in [2.45, 2.75) is 104 Å². The van der Waals surface area contributed by atoms with Gasteiger partial charge in [-0.2, -0.15) is 0 Å². The normalized spacial score (nSPS) is 18.1. The van der Waals surface area contributed by atoms with Gasteiger partial charge in [0.05, 0.1) is 36.8 Å². The Morgan fingerprint density at radius 2 is 1.77 bits per heavy atom. The number of rotatable bonds is 11. The van der Waals surface area contributed by atoms with Crippen LogP contribution >= 0.6 is 11.3 Å². The van der Waals surface area contributed by atoms with Gasteiger partial charge in [0.15, 0.2) is 0 Å². The highest BCUT2D eigenvalue weighted by atomic mass is 32.1. The molecule has 2 heterocycles. The Bertz CT molecular complexity index is 1610. The number of carboxylic acid groups (broad SMARTS) is 1. The zero-order valence-corrected chi connectivity index (χ0v) is 26.2. The standard InChI is InChI=1S/C31H40N2O9S/c1-7-40-28(36)25-18(4)24-26(35)33(31(5,6)29(37)38)30(39)32(27(24)43-25)16-23(42-20-14-12-19(34)13-15-20)21-10-8-9-11-22(21)41-17(2)3/h8-11,17,19-20,23,34H,7,12-16H2,1-6H3,(H,37,38)/t19?,20?,23-/m0/s1. The summed E-state index contributed by atoms with van der Waals surface area (Å²) in [5.41, 5.74) is -2.53. The highest BCUT2D eigenvalue weighted by molar-refractivity contribution is 7.20. The SMILES string of the molecule is CCOC(=O)c1sc2c(c1C)c(=O)n(C(C)(C)C(=O)O)c(=O)n2C[C@H](OC1CCC(O)CC1)c1ccccc1OC(C)C. The number of carboxylic acids is 1. The van der Waals surface area contributed by atoms with Gasteiger partial charge < -0.3 is 24.4 Å². The molecule has 1 aliphatic rings. The second kappa shape index (κ2) is 13.0. The number of carbonyl (C=O) groups excluding carboxylic acids is 1. The maximum absolute atomic E-state index is 14.2. The molecule has 0 bridgehead atoms. The number of esters is 1. The Kier molecular flexibility index (Phi) is 9.83. The lowest BCUT2D eigenvalue weighted by Gasteiger charge is -2.31. The molecule has 1 aromatic carbocycles. The van der Waals surface area contributed by atoms with E-state index in [1.165, 1.54) is 18.4 Å². The lowest BCUT2D eigenvalue weighted by Crippen LogP contribution is -2.52. The van der Waals surface area contributed by atoms with Gasteiger partial charge in [0, 0.05) is 5.56 Å². The molecule has 12 heteroatoms. The van der Waals surface area contributed by atoms with Crippen molar-refractivity contribution in [2.75, 3.05) is 6.61 Å². The number of ether oxygens (including phenoxy) is 3. The minimum atomic E-state index is -1.89. The molecule has 4 rings (SSSR count). The summed E-state index contributed by atoms with van der Waals surface area (Å²) in [4.78, 5) is 53.5. The van der Waals surface area contributed by atoms with Crippen LogP contribution in [0, 0.1) is 6.92 Å². The van der Waals surface area contributed by atoms with Gasteiger partial charge in [-0.1, -0.05) is 18.2 Å². The smallest absolute Gasteiger partial charge is 0.348 e. The van der Waals surface area contributed by atoms with Crippen LogP contribution in [-0.2, 0) is 26.4 Å². The first-order valence-electron chi connectivity index (χ1n) is 14.6. The molecule has 43 heavy (non-hydrogen) atoms. The summed E-state index contributed by atoms with van der Waals surface area (Å²) in [7, 11) is 0. The topological polar surface area (TPSA) is 146 Å². The highest BCUT2D eigenvalue weighted by Crippen LogP contribution is 2.36. The van der Waals surface area contributed by atoms with E-state index in [4.69, 9.17) is 14.2 Å². The van der Waals surface area contributed by atoms with Crippen molar-refractivity contribution in [3.05, 3.63) is 61.1 Å². The van der Waals surface area contributed by atoms with E-state index in [1.54, 1.807) is 13.8 Å². The number of thiophene rings is 1. The third-order valence-corrected chi connectivity index (χ3v) is 9.03. The molecule has 0 spiro atoms. The summed E-state index contributed by atoms with van der Waals surface area (Å²) in [5, 5.41) is 20.2. The third-order valence-electron chi connectivity index (χ3n) is 7.73. The van der Waals surface area contributed by atoms with Gasteiger partial charge in [-0.15, -0.1) is 11.3 Å². The van der Waals surface area contributed by atoms with Crippen molar-refractivity contribution in [2.24, 2.45) is 0 Å². The van der Waals surface area contributed by atoms with Crippen molar-refractivity contribution in [3.63, 3.8) is 0 Å². The van der Waals surface area contributed by atoms with Crippen LogP contribution in [0.3, 0.4) is 0 Å². The first kappa shape index (κ1) is 32.4. The van der Waals surface area contributed by atoms with Crippen LogP contribution in [0.25, 0.3) is 10.2 Å². The molecule has 3 aromatic rings. The fourth-order valence-electron chi connectivity index (χ4n) is 5.39. The number of aromatic nitrogens is 2. The lowest BCUT2D eigenvalue weighted by atomic mass is 9.94. The van der Waals surface area contributed by atoms with Gasteiger partial charge in [-0.3, -0.25) is 9.36 Å². The van der Waals surface area contributed by atoms with E-state index in [2.05, 4.69) is 0 Å². The van der Waals surface area contributed by atoms with Crippen molar-refractivity contribution in [1.29, 1.82) is 0 Å². The number of aliphatic hydroxyl groups excluding tert-OH is 1. The van der Waals surface area contributed by atoms with E-state index >= 15 is 0 Å². The summed E-state index contributed by atoms with van der Waals surface area (Å²) in [6.07, 6.45) is 0.891. The Morgan fingerprint density at radius 1 is 1.12 bits per heavy atom. The average Bonchev–Trinajstić information content (AvgIpc) is 3.29. The molecule has 1 saturated carbocycles. The van der Waals surface area contributed by atoms with E-state index in [0.29, 0.717) is 42.6 Å². The van der Waals surface area contributed by atoms with Gasteiger partial charge in [-0.05, 0) is 78.9 Å². The number of aliphatic hydroxyl groups is 1. The molecular weight excluding hydrogens is 576 g/mol. The van der Waals surface area contributed by atoms with Crippen LogP contribution in [0.15, 0.2) is 33.9 Å². The Morgan fingerprint density at radius 3 is 2.37 bits per heavy atom. The molecule has 1 fully saturated rings. The number of hydrogen-bond acceptors (Lipinski definition) is 9. The summed E-state index contributed by atoms with van der Waals surface area (Å²) < 4.78 is 20.0. The predicted octanol–water partition coefficient (Wildman–Crippen LogP) is 4.38. The van der Waals surface area contributed by atoms with Crippen molar-refractivity contribution < 1.29 is 34.0 Å². The average molecular weight is 617 g/mol. The molecule has 0 aliphatic heterocycles. The molecule has 234 valence electrons. The summed E-state index contributed by atoms with van der Waals surface area (Å²) in [5.74, 6) is -1.43. The van der Waals surface area contributed by atoms with Crippen LogP contribution in [0.1, 0.15) is 87.2 Å². The largest absolute Gasteiger partial charge is 0.491 e. The van der Waals surface area contributed by atoms with Crippen LogP contribution in [0.5, 0.6) is 5.75 Å². The van der Waals surface area contributed by atoms with Crippen molar-refractivity contribution in [3.8, 4) is 5.75 Å². The number of aliphatic carboxylic acids is 1. The highest BCUT2D eigenvalue weighted by Gasteiger charge is 2.37. The number of benzene rings is 1. The quantitative estimate of drug-likeness (QED) is 0.300. The second-order valence-electron chi connectivity index (χ2n) is 11.6.